The molecule has 3 nitrogen and oxygen atoms in total. The molecule has 0 radical (unpaired) electrons. The summed E-state index contributed by atoms with van der Waals surface area (Å²) in [5, 5.41) is 6.59. The van der Waals surface area contributed by atoms with Gasteiger partial charge in [0.15, 0.2) is 5.82 Å². The fraction of sp³-hybridized carbons (Fsp3) is 0. The largest absolute Gasteiger partial charge is 0.363 e. The first kappa shape index (κ1) is 7.79. The summed E-state index contributed by atoms with van der Waals surface area (Å²) in [5.41, 5.74) is 0.773. The van der Waals surface area contributed by atoms with Gasteiger partial charge >= 0.3 is 0 Å². The van der Waals surface area contributed by atoms with Crippen molar-refractivity contribution in [2.45, 2.75) is 0 Å². The van der Waals surface area contributed by atoms with Crippen molar-refractivity contribution in [3.05, 3.63) is 42.4 Å². The maximum absolute atomic E-state index is 12.5. The van der Waals surface area contributed by atoms with Crippen LogP contribution in [0.25, 0.3) is 0 Å². The molecule has 4 heteroatoms. The number of hydrogen-bond acceptors (Lipinski definition) is 3. The summed E-state index contributed by atoms with van der Waals surface area (Å²) in [5.74, 6) is 0.345. The Morgan fingerprint density at radius 2 is 1.92 bits per heavy atom. The van der Waals surface area contributed by atoms with Crippen LogP contribution in [0.3, 0.4) is 0 Å². The van der Waals surface area contributed by atoms with Crippen molar-refractivity contribution in [1.82, 2.24) is 5.16 Å². The Morgan fingerprint density at radius 1 is 1.15 bits per heavy atom. The summed E-state index contributed by atoms with van der Waals surface area (Å²) in [6.07, 6.45) is 1.46. The highest BCUT2D eigenvalue weighted by molar-refractivity contribution is 5.54. The van der Waals surface area contributed by atoms with Crippen LogP contribution in [0.2, 0.25) is 0 Å². The van der Waals surface area contributed by atoms with Crippen molar-refractivity contribution in [1.29, 1.82) is 0 Å². The minimum absolute atomic E-state index is 0.259. The maximum atomic E-state index is 12.5. The molecule has 0 bridgehead atoms. The van der Waals surface area contributed by atoms with E-state index in [2.05, 4.69) is 15.0 Å². The molecule has 0 saturated heterocycles. The van der Waals surface area contributed by atoms with E-state index in [1.165, 1.54) is 18.4 Å². The van der Waals surface area contributed by atoms with Crippen LogP contribution < -0.4 is 5.32 Å². The van der Waals surface area contributed by atoms with Gasteiger partial charge in [0.25, 0.3) is 0 Å². The summed E-state index contributed by atoms with van der Waals surface area (Å²) in [6, 6.07) is 7.70. The fourth-order valence-electron chi connectivity index (χ4n) is 0.958. The summed E-state index contributed by atoms with van der Waals surface area (Å²) in [4.78, 5) is 0. The lowest BCUT2D eigenvalue weighted by molar-refractivity contribution is 0.423. The van der Waals surface area contributed by atoms with Crippen LogP contribution in [-0.4, -0.2) is 5.16 Å². The van der Waals surface area contributed by atoms with Crippen molar-refractivity contribution in [3.63, 3.8) is 0 Å². The van der Waals surface area contributed by atoms with E-state index in [0.717, 1.165) is 5.69 Å². The second-order valence-corrected chi connectivity index (χ2v) is 2.52. The number of nitrogens with one attached hydrogen (secondary N) is 1. The van der Waals surface area contributed by atoms with Crippen LogP contribution in [-0.2, 0) is 0 Å². The number of anilines is 2. The normalized spacial score (nSPS) is 9.92. The predicted molar refractivity (Wildman–Crippen MR) is 46.2 cm³/mol. The third-order valence-electron chi connectivity index (χ3n) is 1.55. The van der Waals surface area contributed by atoms with Crippen molar-refractivity contribution >= 4 is 11.5 Å². The first-order chi connectivity index (χ1) is 6.34. The fourth-order valence-corrected chi connectivity index (χ4v) is 0.958. The molecule has 1 aromatic carbocycles. The first-order valence-electron chi connectivity index (χ1n) is 3.77. The van der Waals surface area contributed by atoms with Gasteiger partial charge in [-0.1, -0.05) is 5.16 Å². The van der Waals surface area contributed by atoms with Crippen LogP contribution >= 0.6 is 0 Å². The third kappa shape index (κ3) is 1.84. The Hall–Kier alpha value is -1.84. The van der Waals surface area contributed by atoms with Gasteiger partial charge in [-0.25, -0.2) is 4.39 Å². The minimum atomic E-state index is -0.259. The van der Waals surface area contributed by atoms with Gasteiger partial charge in [-0.3, -0.25) is 0 Å². The molecular weight excluding hydrogens is 171 g/mol. The molecule has 0 amide bonds. The van der Waals surface area contributed by atoms with Crippen molar-refractivity contribution in [2.75, 3.05) is 5.32 Å². The third-order valence-corrected chi connectivity index (χ3v) is 1.55. The number of rotatable bonds is 2. The van der Waals surface area contributed by atoms with Gasteiger partial charge < -0.3 is 9.84 Å². The second kappa shape index (κ2) is 3.26. The van der Waals surface area contributed by atoms with Gasteiger partial charge in [0.2, 0.25) is 0 Å². The standard InChI is InChI=1S/C9H7FN2O/c10-7-1-3-8(4-2-7)11-9-5-6-13-12-9/h1-6H,(H,11,12). The quantitative estimate of drug-likeness (QED) is 0.767. The number of nitrogens with zero attached hydrogens (tertiary/aromatic N) is 1. The van der Waals surface area contributed by atoms with Crippen molar-refractivity contribution < 1.29 is 8.91 Å². The van der Waals surface area contributed by atoms with E-state index >= 15 is 0 Å². The highest BCUT2D eigenvalue weighted by Gasteiger charge is 1.96. The molecule has 0 aliphatic heterocycles. The zero-order chi connectivity index (χ0) is 9.10. The van der Waals surface area contributed by atoms with E-state index in [9.17, 15) is 4.39 Å². The molecular formula is C9H7FN2O. The van der Waals surface area contributed by atoms with Crippen molar-refractivity contribution in [3.8, 4) is 0 Å². The Kier molecular flexibility index (Phi) is 1.96. The first-order valence-corrected chi connectivity index (χ1v) is 3.77. The van der Waals surface area contributed by atoms with E-state index in [4.69, 9.17) is 0 Å². The predicted octanol–water partition coefficient (Wildman–Crippen LogP) is 2.56. The van der Waals surface area contributed by atoms with Gasteiger partial charge in [0, 0.05) is 11.8 Å². The lowest BCUT2D eigenvalue weighted by Gasteiger charge is -2.00. The van der Waals surface area contributed by atoms with E-state index < -0.39 is 0 Å². The molecule has 2 aromatic rings. The second-order valence-electron chi connectivity index (χ2n) is 2.52. The molecule has 0 unspecified atom stereocenters. The average Bonchev–Trinajstić information content (AvgIpc) is 2.62. The van der Waals surface area contributed by atoms with Crippen LogP contribution in [0, 0.1) is 5.82 Å². The molecule has 2 rings (SSSR count). The lowest BCUT2D eigenvalue weighted by atomic mass is 10.3. The van der Waals surface area contributed by atoms with E-state index in [-0.39, 0.29) is 5.82 Å². The molecule has 0 fully saturated rings. The molecule has 0 saturated carbocycles. The Labute approximate surface area is 74.2 Å². The van der Waals surface area contributed by atoms with Crippen molar-refractivity contribution in [2.24, 2.45) is 0 Å². The zero-order valence-electron chi connectivity index (χ0n) is 6.70. The topological polar surface area (TPSA) is 38.1 Å². The number of halogens is 1. The average molecular weight is 178 g/mol. The number of hydrogen-bond donors (Lipinski definition) is 1. The highest BCUT2D eigenvalue weighted by atomic mass is 19.1. The molecule has 0 spiro atoms. The SMILES string of the molecule is Fc1ccc(Nc2ccon2)cc1. The molecule has 1 N–H and O–H groups in total. The molecule has 0 aliphatic carbocycles. The molecule has 0 aliphatic rings. The smallest absolute Gasteiger partial charge is 0.173 e. The van der Waals surface area contributed by atoms with Crippen LogP contribution in [0.4, 0.5) is 15.9 Å². The Bertz CT molecular complexity index is 369. The lowest BCUT2D eigenvalue weighted by Crippen LogP contribution is -1.89. The minimum Gasteiger partial charge on any atom is -0.363 e. The van der Waals surface area contributed by atoms with Crippen LogP contribution in [0.1, 0.15) is 0 Å². The summed E-state index contributed by atoms with van der Waals surface area (Å²) < 4.78 is 17.1. The molecule has 1 heterocycles. The van der Waals surface area contributed by atoms with Gasteiger partial charge in [-0.2, -0.15) is 0 Å². The van der Waals surface area contributed by atoms with Gasteiger partial charge in [0.05, 0.1) is 0 Å². The maximum Gasteiger partial charge on any atom is 0.173 e. The number of aromatic nitrogens is 1. The molecule has 13 heavy (non-hydrogen) atoms. The van der Waals surface area contributed by atoms with E-state index in [0.29, 0.717) is 5.82 Å². The van der Waals surface area contributed by atoms with Gasteiger partial charge in [-0.15, -0.1) is 0 Å². The van der Waals surface area contributed by atoms with Crippen LogP contribution in [0.15, 0.2) is 41.1 Å². The Balaban J connectivity index is 2.15. The van der Waals surface area contributed by atoms with Gasteiger partial charge in [-0.05, 0) is 24.3 Å². The number of benzene rings is 1. The van der Waals surface area contributed by atoms with Gasteiger partial charge in [0.1, 0.15) is 12.1 Å². The zero-order valence-corrected chi connectivity index (χ0v) is 6.70. The van der Waals surface area contributed by atoms with E-state index in [1.807, 2.05) is 0 Å². The van der Waals surface area contributed by atoms with Crippen LogP contribution in [0.5, 0.6) is 0 Å². The summed E-state index contributed by atoms with van der Waals surface area (Å²) in [6.45, 7) is 0. The molecule has 66 valence electrons. The summed E-state index contributed by atoms with van der Waals surface area (Å²) >= 11 is 0. The molecule has 0 atom stereocenters. The summed E-state index contributed by atoms with van der Waals surface area (Å²) in [7, 11) is 0. The Morgan fingerprint density at radius 3 is 2.54 bits per heavy atom. The monoisotopic (exact) mass is 178 g/mol. The van der Waals surface area contributed by atoms with E-state index in [1.54, 1.807) is 18.2 Å². The molecule has 1 aromatic heterocycles. The highest BCUT2D eigenvalue weighted by Crippen LogP contribution is 2.14.